The first-order chi connectivity index (χ1) is 11.6. The number of aromatic amines is 1. The number of carbonyl (C=O) groups is 1. The molecule has 6 heteroatoms. The van der Waals surface area contributed by atoms with Crippen LogP contribution in [0.3, 0.4) is 0 Å². The first-order valence-electron chi connectivity index (χ1n) is 7.54. The van der Waals surface area contributed by atoms with E-state index in [-0.39, 0.29) is 24.3 Å². The molecule has 2 heterocycles. The van der Waals surface area contributed by atoms with Crippen LogP contribution in [-0.4, -0.2) is 22.3 Å². The number of hydrogen-bond acceptors (Lipinski definition) is 4. The number of fused-ring (bicyclic) bond motifs is 1. The fourth-order valence-electron chi connectivity index (χ4n) is 2.51. The Balaban J connectivity index is 1.65. The molecule has 0 radical (unpaired) electrons. The molecular formula is C18H16ClN3O2. The Bertz CT molecular complexity index is 922. The van der Waals surface area contributed by atoms with Gasteiger partial charge in [-0.1, -0.05) is 11.6 Å². The normalized spacial score (nSPS) is 10.9. The van der Waals surface area contributed by atoms with E-state index >= 15 is 0 Å². The van der Waals surface area contributed by atoms with Crippen molar-refractivity contribution < 1.29 is 4.79 Å². The molecule has 0 aliphatic heterocycles. The van der Waals surface area contributed by atoms with Crippen molar-refractivity contribution in [1.82, 2.24) is 15.3 Å². The number of carbonyl (C=O) groups excluding carboxylic acids is 1. The molecule has 0 aliphatic rings. The zero-order valence-corrected chi connectivity index (χ0v) is 13.6. The fourth-order valence-corrected chi connectivity index (χ4v) is 2.74. The molecule has 0 saturated heterocycles. The Hall–Kier alpha value is -2.50. The molecule has 0 aliphatic carbocycles. The summed E-state index contributed by atoms with van der Waals surface area (Å²) in [6.07, 6.45) is 5.25. The van der Waals surface area contributed by atoms with Gasteiger partial charge in [-0.2, -0.15) is 0 Å². The monoisotopic (exact) mass is 341 g/mol. The van der Waals surface area contributed by atoms with Crippen LogP contribution in [0.2, 0.25) is 5.02 Å². The molecule has 122 valence electrons. The van der Waals surface area contributed by atoms with Gasteiger partial charge in [-0.25, -0.2) is 0 Å². The topological polar surface area (TPSA) is 74.8 Å². The van der Waals surface area contributed by atoms with Crippen LogP contribution in [0.5, 0.6) is 0 Å². The highest BCUT2D eigenvalue weighted by atomic mass is 35.5. The highest BCUT2D eigenvalue weighted by Gasteiger charge is 2.10. The highest BCUT2D eigenvalue weighted by Crippen LogP contribution is 2.22. The van der Waals surface area contributed by atoms with Gasteiger partial charge in [0.15, 0.2) is 5.78 Å². The molecule has 3 rings (SSSR count). The van der Waals surface area contributed by atoms with E-state index in [1.165, 1.54) is 0 Å². The molecule has 2 aromatic heterocycles. The van der Waals surface area contributed by atoms with Gasteiger partial charge in [0, 0.05) is 42.0 Å². The maximum atomic E-state index is 12.2. The Labute approximate surface area is 143 Å². The predicted octanol–water partition coefficient (Wildman–Crippen LogP) is 2.48. The lowest BCUT2D eigenvalue weighted by molar-refractivity contribution is -0.117. The summed E-state index contributed by atoms with van der Waals surface area (Å²) in [6, 6.07) is 9.00. The van der Waals surface area contributed by atoms with Crippen LogP contribution >= 0.6 is 11.6 Å². The van der Waals surface area contributed by atoms with Gasteiger partial charge in [0.2, 0.25) is 0 Å². The maximum Gasteiger partial charge on any atom is 0.255 e. The average molecular weight is 342 g/mol. The molecule has 0 saturated carbocycles. The van der Waals surface area contributed by atoms with Crippen molar-refractivity contribution in [3.8, 4) is 0 Å². The van der Waals surface area contributed by atoms with E-state index in [1.54, 1.807) is 36.8 Å². The van der Waals surface area contributed by atoms with E-state index in [2.05, 4.69) is 15.3 Å². The molecule has 2 N–H and O–H groups in total. The van der Waals surface area contributed by atoms with Gasteiger partial charge in [0.25, 0.3) is 5.56 Å². The summed E-state index contributed by atoms with van der Waals surface area (Å²) in [5.41, 5.74) is 1.61. The molecule has 1 aromatic carbocycles. The Morgan fingerprint density at radius 2 is 2.00 bits per heavy atom. The van der Waals surface area contributed by atoms with Crippen molar-refractivity contribution in [2.75, 3.05) is 6.54 Å². The number of hydrogen-bond donors (Lipinski definition) is 2. The van der Waals surface area contributed by atoms with E-state index in [0.717, 1.165) is 16.5 Å². The third-order valence-electron chi connectivity index (χ3n) is 3.73. The van der Waals surface area contributed by atoms with Crippen LogP contribution in [0.25, 0.3) is 10.8 Å². The van der Waals surface area contributed by atoms with Crippen LogP contribution in [-0.2, 0) is 17.8 Å². The van der Waals surface area contributed by atoms with Crippen LogP contribution in [0.1, 0.15) is 11.1 Å². The lowest BCUT2D eigenvalue weighted by atomic mass is 10.0. The minimum atomic E-state index is -0.189. The summed E-state index contributed by atoms with van der Waals surface area (Å²) >= 11 is 6.22. The largest absolute Gasteiger partial charge is 0.329 e. The summed E-state index contributed by atoms with van der Waals surface area (Å²) < 4.78 is 0. The van der Waals surface area contributed by atoms with Crippen molar-refractivity contribution >= 4 is 28.2 Å². The number of Topliss-reactive ketones (excluding diaryl/α,β-unsaturated/α-hetero) is 1. The van der Waals surface area contributed by atoms with E-state index in [0.29, 0.717) is 17.0 Å². The number of aromatic nitrogens is 2. The third-order valence-corrected chi connectivity index (χ3v) is 4.08. The van der Waals surface area contributed by atoms with Gasteiger partial charge in [-0.3, -0.25) is 14.6 Å². The second-order valence-electron chi connectivity index (χ2n) is 5.51. The number of ketones is 1. The molecule has 5 nitrogen and oxygen atoms in total. The number of nitrogens with zero attached hydrogens (tertiary/aromatic N) is 1. The number of H-pyrrole nitrogens is 1. The van der Waals surface area contributed by atoms with E-state index in [9.17, 15) is 9.59 Å². The third kappa shape index (κ3) is 3.88. The SMILES string of the molecule is O=C(CNCc1ccncc1)Cc1cc2cc[nH]c(=O)c2cc1Cl. The van der Waals surface area contributed by atoms with Crippen molar-refractivity contribution in [3.63, 3.8) is 0 Å². The Morgan fingerprint density at radius 1 is 1.21 bits per heavy atom. The van der Waals surface area contributed by atoms with Gasteiger partial charge in [-0.05, 0) is 46.8 Å². The van der Waals surface area contributed by atoms with Crippen LogP contribution in [0.4, 0.5) is 0 Å². The Kier molecular flexibility index (Phi) is 5.03. The first-order valence-corrected chi connectivity index (χ1v) is 7.92. The van der Waals surface area contributed by atoms with Crippen molar-refractivity contribution in [3.05, 3.63) is 75.4 Å². The summed E-state index contributed by atoms with van der Waals surface area (Å²) in [5.74, 6) is 0.0372. The second kappa shape index (κ2) is 7.38. The number of halogens is 1. The lowest BCUT2D eigenvalue weighted by Crippen LogP contribution is -2.24. The predicted molar refractivity (Wildman–Crippen MR) is 94.2 cm³/mol. The van der Waals surface area contributed by atoms with Crippen LogP contribution < -0.4 is 10.9 Å². The fraction of sp³-hybridized carbons (Fsp3) is 0.167. The highest BCUT2D eigenvalue weighted by molar-refractivity contribution is 6.32. The molecular weight excluding hydrogens is 326 g/mol. The van der Waals surface area contributed by atoms with Gasteiger partial charge >= 0.3 is 0 Å². The molecule has 3 aromatic rings. The quantitative estimate of drug-likeness (QED) is 0.722. The summed E-state index contributed by atoms with van der Waals surface area (Å²) in [7, 11) is 0. The molecule has 0 unspecified atom stereocenters. The van der Waals surface area contributed by atoms with Crippen LogP contribution in [0.15, 0.2) is 53.7 Å². The lowest BCUT2D eigenvalue weighted by Gasteiger charge is -2.07. The van der Waals surface area contributed by atoms with E-state index in [4.69, 9.17) is 11.6 Å². The standard InChI is InChI=1S/C18H16ClN3O2/c19-17-9-16-13(3-6-22-18(16)24)7-14(17)8-15(23)11-21-10-12-1-4-20-5-2-12/h1-7,9,21H,8,10-11H2,(H,22,24). The van der Waals surface area contributed by atoms with Crippen molar-refractivity contribution in [2.45, 2.75) is 13.0 Å². The summed E-state index contributed by atoms with van der Waals surface area (Å²) in [5, 5.41) is 4.84. The van der Waals surface area contributed by atoms with E-state index < -0.39 is 0 Å². The van der Waals surface area contributed by atoms with Gasteiger partial charge in [0.1, 0.15) is 0 Å². The molecule has 0 fully saturated rings. The average Bonchev–Trinajstić information content (AvgIpc) is 2.57. The number of nitrogens with one attached hydrogen (secondary N) is 2. The molecule has 0 bridgehead atoms. The minimum absolute atomic E-state index is 0.0372. The molecule has 0 amide bonds. The molecule has 0 spiro atoms. The summed E-state index contributed by atoms with van der Waals surface area (Å²) in [6.45, 7) is 0.862. The number of pyridine rings is 2. The van der Waals surface area contributed by atoms with Gasteiger partial charge in [0.05, 0.1) is 6.54 Å². The second-order valence-corrected chi connectivity index (χ2v) is 5.92. The number of rotatable bonds is 6. The van der Waals surface area contributed by atoms with Crippen LogP contribution in [0, 0.1) is 0 Å². The zero-order valence-electron chi connectivity index (χ0n) is 12.9. The van der Waals surface area contributed by atoms with Crippen molar-refractivity contribution in [1.29, 1.82) is 0 Å². The minimum Gasteiger partial charge on any atom is -0.329 e. The van der Waals surface area contributed by atoms with Gasteiger partial charge in [-0.15, -0.1) is 0 Å². The maximum absolute atomic E-state index is 12.2. The zero-order chi connectivity index (χ0) is 16.9. The van der Waals surface area contributed by atoms with Gasteiger partial charge < -0.3 is 10.3 Å². The Morgan fingerprint density at radius 3 is 2.79 bits per heavy atom. The summed E-state index contributed by atoms with van der Waals surface area (Å²) in [4.78, 5) is 30.5. The van der Waals surface area contributed by atoms with Crippen molar-refractivity contribution in [2.24, 2.45) is 0 Å². The van der Waals surface area contributed by atoms with E-state index in [1.807, 2.05) is 12.1 Å². The molecule has 0 atom stereocenters. The smallest absolute Gasteiger partial charge is 0.255 e. The first kappa shape index (κ1) is 16.4. The number of benzene rings is 1. The molecule has 24 heavy (non-hydrogen) atoms.